The molecule has 0 spiro atoms. The number of amidine groups is 1. The van der Waals surface area contributed by atoms with Gasteiger partial charge in [-0.15, -0.1) is 0 Å². The summed E-state index contributed by atoms with van der Waals surface area (Å²) >= 11 is 0. The van der Waals surface area contributed by atoms with Crippen LogP contribution in [0.1, 0.15) is 43.2 Å². The highest BCUT2D eigenvalue weighted by molar-refractivity contribution is 6.19. The van der Waals surface area contributed by atoms with E-state index in [4.69, 9.17) is 0 Å². The molecule has 0 radical (unpaired) electrons. The number of aryl methyl sites for hydroxylation is 1. The molecule has 1 aromatic heterocycles. The van der Waals surface area contributed by atoms with Crippen LogP contribution in [0.2, 0.25) is 0 Å². The molecule has 1 fully saturated rings. The average Bonchev–Trinajstić information content (AvgIpc) is 3.41. The number of anilines is 1. The number of aliphatic imine (C=N–C) groups is 1. The Morgan fingerprint density at radius 2 is 2.00 bits per heavy atom. The van der Waals surface area contributed by atoms with E-state index in [1.807, 2.05) is 31.2 Å². The molecule has 0 saturated heterocycles. The Morgan fingerprint density at radius 1 is 1.20 bits per heavy atom. The van der Waals surface area contributed by atoms with E-state index in [9.17, 15) is 9.59 Å². The minimum Gasteiger partial charge on any atom is -0.352 e. The quantitative estimate of drug-likeness (QED) is 0.847. The number of carbonyl (C=O) groups excluding carboxylic acids is 2. The van der Waals surface area contributed by atoms with Crippen LogP contribution in [0.3, 0.4) is 0 Å². The Labute approximate surface area is 175 Å². The zero-order valence-electron chi connectivity index (χ0n) is 17.2. The third kappa shape index (κ3) is 3.16. The molecule has 1 saturated carbocycles. The van der Waals surface area contributed by atoms with Crippen LogP contribution in [-0.2, 0) is 4.79 Å². The van der Waals surface area contributed by atoms with E-state index in [0.717, 1.165) is 48.9 Å². The van der Waals surface area contributed by atoms with Crippen molar-refractivity contribution in [3.8, 4) is 5.69 Å². The number of carbonyl (C=O) groups is 2. The van der Waals surface area contributed by atoms with Gasteiger partial charge in [0.1, 0.15) is 12.4 Å². The minimum atomic E-state index is -0.210. The second kappa shape index (κ2) is 7.59. The van der Waals surface area contributed by atoms with Gasteiger partial charge in [-0.1, -0.05) is 31.0 Å². The summed E-state index contributed by atoms with van der Waals surface area (Å²) in [7, 11) is 0. The molecule has 30 heavy (non-hydrogen) atoms. The van der Waals surface area contributed by atoms with Crippen LogP contribution in [-0.4, -0.2) is 58.1 Å². The summed E-state index contributed by atoms with van der Waals surface area (Å²) in [6.45, 7) is 3.28. The number of urea groups is 1. The zero-order chi connectivity index (χ0) is 20.7. The molecule has 1 aromatic carbocycles. The molecule has 156 valence electrons. The van der Waals surface area contributed by atoms with E-state index in [1.165, 1.54) is 0 Å². The van der Waals surface area contributed by atoms with E-state index >= 15 is 0 Å². The van der Waals surface area contributed by atoms with Gasteiger partial charge in [0.15, 0.2) is 5.82 Å². The Hall–Kier alpha value is -3.16. The number of para-hydroxylation sites is 1. The van der Waals surface area contributed by atoms with E-state index in [0.29, 0.717) is 24.7 Å². The van der Waals surface area contributed by atoms with Crippen molar-refractivity contribution < 1.29 is 9.59 Å². The van der Waals surface area contributed by atoms with Crippen LogP contribution in [0.15, 0.2) is 35.5 Å². The fourth-order valence-corrected chi connectivity index (χ4v) is 4.62. The number of hydrogen-bond donors (Lipinski definition) is 1. The summed E-state index contributed by atoms with van der Waals surface area (Å²) in [5.74, 6) is 1.15. The van der Waals surface area contributed by atoms with Gasteiger partial charge in [-0.3, -0.25) is 19.6 Å². The highest BCUT2D eigenvalue weighted by Crippen LogP contribution is 2.33. The number of nitrogens with one attached hydrogen (secondary N) is 1. The fourth-order valence-electron chi connectivity index (χ4n) is 4.62. The maximum atomic E-state index is 13.4. The van der Waals surface area contributed by atoms with Crippen LogP contribution < -0.4 is 10.2 Å². The summed E-state index contributed by atoms with van der Waals surface area (Å²) in [5, 5.41) is 7.70. The maximum absolute atomic E-state index is 13.4. The molecule has 0 bridgehead atoms. The lowest BCUT2D eigenvalue weighted by molar-refractivity contribution is -0.120. The Bertz CT molecular complexity index is 1020. The van der Waals surface area contributed by atoms with Crippen molar-refractivity contribution in [2.75, 3.05) is 24.5 Å². The molecule has 0 atom stereocenters. The second-order valence-electron chi connectivity index (χ2n) is 8.21. The standard InChI is InChI=1S/C22H26N6O2/c1-15-7-2-5-10-18(15)28-21-17(13-24-28)20-23-11-6-12-26(20)22(30)27(21)14-19(29)25-16-8-3-4-9-16/h2,5,7,10,13,16H,3-4,6,8-9,11-12,14H2,1H3,(H,25,29). The number of aromatic nitrogens is 2. The van der Waals surface area contributed by atoms with E-state index in [1.54, 1.807) is 20.7 Å². The molecule has 1 aliphatic carbocycles. The summed E-state index contributed by atoms with van der Waals surface area (Å²) in [6, 6.07) is 7.90. The molecule has 3 aliphatic rings. The number of rotatable bonds is 4. The van der Waals surface area contributed by atoms with Crippen LogP contribution >= 0.6 is 0 Å². The molecule has 5 rings (SSSR count). The predicted molar refractivity (Wildman–Crippen MR) is 114 cm³/mol. The van der Waals surface area contributed by atoms with E-state index in [2.05, 4.69) is 15.4 Å². The van der Waals surface area contributed by atoms with Crippen LogP contribution in [0.5, 0.6) is 0 Å². The van der Waals surface area contributed by atoms with Crippen LogP contribution in [0.25, 0.3) is 5.69 Å². The zero-order valence-corrected chi connectivity index (χ0v) is 17.2. The van der Waals surface area contributed by atoms with Gasteiger partial charge in [0.05, 0.1) is 17.4 Å². The molecule has 2 aliphatic heterocycles. The molecule has 3 amide bonds. The lowest BCUT2D eigenvalue weighted by atomic mass is 10.1. The van der Waals surface area contributed by atoms with Crippen molar-refractivity contribution in [2.24, 2.45) is 4.99 Å². The second-order valence-corrected chi connectivity index (χ2v) is 8.21. The van der Waals surface area contributed by atoms with Gasteiger partial charge in [-0.2, -0.15) is 5.10 Å². The van der Waals surface area contributed by atoms with Gasteiger partial charge in [0.2, 0.25) is 5.91 Å². The SMILES string of the molecule is Cc1ccccc1-n1ncc2c1N(CC(=O)NC1CCCC1)C(=O)N1CCCN=C21. The van der Waals surface area contributed by atoms with Crippen molar-refractivity contribution >= 4 is 23.6 Å². The van der Waals surface area contributed by atoms with Crippen LogP contribution in [0, 0.1) is 6.92 Å². The third-order valence-electron chi connectivity index (χ3n) is 6.12. The van der Waals surface area contributed by atoms with Gasteiger partial charge >= 0.3 is 6.03 Å². The molecular weight excluding hydrogens is 380 g/mol. The van der Waals surface area contributed by atoms with Crippen molar-refractivity contribution in [3.63, 3.8) is 0 Å². The number of amides is 3. The van der Waals surface area contributed by atoms with Crippen molar-refractivity contribution in [1.29, 1.82) is 0 Å². The average molecular weight is 406 g/mol. The summed E-state index contributed by atoms with van der Waals surface area (Å²) in [4.78, 5) is 34.1. The summed E-state index contributed by atoms with van der Waals surface area (Å²) in [5.41, 5.74) is 2.73. The minimum absolute atomic E-state index is 0.0241. The number of hydrogen-bond acceptors (Lipinski definition) is 4. The largest absolute Gasteiger partial charge is 0.352 e. The molecule has 2 aromatic rings. The van der Waals surface area contributed by atoms with Crippen molar-refractivity contribution in [1.82, 2.24) is 20.0 Å². The van der Waals surface area contributed by atoms with Gasteiger partial charge in [-0.25, -0.2) is 9.48 Å². The highest BCUT2D eigenvalue weighted by atomic mass is 16.2. The lowest BCUT2D eigenvalue weighted by Gasteiger charge is -2.38. The lowest BCUT2D eigenvalue weighted by Crippen LogP contribution is -2.56. The smallest absolute Gasteiger partial charge is 0.331 e. The number of nitrogens with zero attached hydrogens (tertiary/aromatic N) is 5. The van der Waals surface area contributed by atoms with Crippen molar-refractivity contribution in [3.05, 3.63) is 41.6 Å². The molecule has 3 heterocycles. The Morgan fingerprint density at radius 3 is 2.80 bits per heavy atom. The van der Waals surface area contributed by atoms with E-state index < -0.39 is 0 Å². The summed E-state index contributed by atoms with van der Waals surface area (Å²) in [6.07, 6.45) is 6.88. The van der Waals surface area contributed by atoms with Gasteiger partial charge in [0.25, 0.3) is 0 Å². The fraction of sp³-hybridized carbons (Fsp3) is 0.455. The molecular formula is C22H26N6O2. The first-order valence-corrected chi connectivity index (χ1v) is 10.7. The Balaban J connectivity index is 1.55. The van der Waals surface area contributed by atoms with Crippen molar-refractivity contribution in [2.45, 2.75) is 45.1 Å². The molecule has 0 unspecified atom stereocenters. The normalized spacial score (nSPS) is 18.8. The number of benzene rings is 1. The van der Waals surface area contributed by atoms with Crippen LogP contribution in [0.4, 0.5) is 10.6 Å². The van der Waals surface area contributed by atoms with E-state index in [-0.39, 0.29) is 24.5 Å². The predicted octanol–water partition coefficient (Wildman–Crippen LogP) is 2.63. The molecule has 8 heteroatoms. The Kier molecular flexibility index (Phi) is 4.77. The molecule has 1 N–H and O–H groups in total. The maximum Gasteiger partial charge on any atom is 0.331 e. The monoisotopic (exact) mass is 406 g/mol. The first-order chi connectivity index (χ1) is 14.6. The van der Waals surface area contributed by atoms with Gasteiger partial charge < -0.3 is 5.32 Å². The van der Waals surface area contributed by atoms with Gasteiger partial charge in [-0.05, 0) is 37.8 Å². The van der Waals surface area contributed by atoms with Gasteiger partial charge in [0, 0.05) is 19.1 Å². The highest BCUT2D eigenvalue weighted by Gasteiger charge is 2.40. The molecule has 8 nitrogen and oxygen atoms in total. The number of fused-ring (bicyclic) bond motifs is 3. The topological polar surface area (TPSA) is 82.8 Å². The third-order valence-corrected chi connectivity index (χ3v) is 6.12. The first-order valence-electron chi connectivity index (χ1n) is 10.7. The first kappa shape index (κ1) is 18.8. The summed E-state index contributed by atoms with van der Waals surface area (Å²) < 4.78 is 1.76.